The maximum absolute atomic E-state index is 13.3. The zero-order chi connectivity index (χ0) is 18.1. The molecule has 1 aliphatic rings. The van der Waals surface area contributed by atoms with Gasteiger partial charge in [-0.3, -0.25) is 9.59 Å². The topological polar surface area (TPSA) is 81.2 Å². The van der Waals surface area contributed by atoms with Gasteiger partial charge in [-0.1, -0.05) is 25.1 Å². The van der Waals surface area contributed by atoms with Crippen molar-refractivity contribution in [3.05, 3.63) is 40.3 Å². The van der Waals surface area contributed by atoms with E-state index in [-0.39, 0.29) is 23.6 Å². The fourth-order valence-electron chi connectivity index (χ4n) is 3.59. The zero-order valence-corrected chi connectivity index (χ0v) is 15.1. The van der Waals surface area contributed by atoms with Crippen LogP contribution in [-0.4, -0.2) is 39.7 Å². The Hall–Kier alpha value is -2.21. The summed E-state index contributed by atoms with van der Waals surface area (Å²) in [6.07, 6.45) is 1.87. The minimum Gasteiger partial charge on any atom is -0.333 e. The second-order valence-electron chi connectivity index (χ2n) is 7.26. The molecule has 0 spiro atoms. The van der Waals surface area contributed by atoms with Crippen LogP contribution in [0.15, 0.2) is 29.1 Å². The van der Waals surface area contributed by atoms with E-state index in [1.54, 1.807) is 12.1 Å². The highest BCUT2D eigenvalue weighted by Crippen LogP contribution is 2.25. The van der Waals surface area contributed by atoms with Gasteiger partial charge in [0.05, 0.1) is 11.4 Å². The van der Waals surface area contributed by atoms with Crippen molar-refractivity contribution >= 4 is 16.7 Å². The summed E-state index contributed by atoms with van der Waals surface area (Å²) >= 11 is 0. The highest BCUT2D eigenvalue weighted by atomic mass is 16.2. The fraction of sp³-hybridized carbons (Fsp3) is 0.526. The van der Waals surface area contributed by atoms with Crippen molar-refractivity contribution in [2.75, 3.05) is 13.1 Å². The third kappa shape index (κ3) is 3.18. The van der Waals surface area contributed by atoms with Crippen molar-refractivity contribution in [3.63, 3.8) is 0 Å². The number of nitrogens with two attached hydrogens (primary N) is 1. The summed E-state index contributed by atoms with van der Waals surface area (Å²) in [5, 5.41) is 5.58. The third-order valence-corrected chi connectivity index (χ3v) is 5.03. The lowest BCUT2D eigenvalue weighted by Gasteiger charge is -2.38. The van der Waals surface area contributed by atoms with Crippen LogP contribution in [0.2, 0.25) is 0 Å². The van der Waals surface area contributed by atoms with Gasteiger partial charge in [0.15, 0.2) is 5.69 Å². The molecule has 6 heteroatoms. The van der Waals surface area contributed by atoms with Crippen LogP contribution in [0.1, 0.15) is 50.1 Å². The van der Waals surface area contributed by atoms with Gasteiger partial charge in [-0.2, -0.15) is 5.10 Å². The van der Waals surface area contributed by atoms with E-state index >= 15 is 0 Å². The first-order chi connectivity index (χ1) is 11.9. The van der Waals surface area contributed by atoms with Gasteiger partial charge in [0.2, 0.25) is 0 Å². The smallest absolute Gasteiger partial charge is 0.275 e. The lowest BCUT2D eigenvalue weighted by Crippen LogP contribution is -2.49. The number of piperidine rings is 1. The van der Waals surface area contributed by atoms with Crippen LogP contribution in [0, 0.1) is 5.92 Å². The Labute approximate surface area is 147 Å². The Balaban J connectivity index is 2.13. The number of rotatable bonds is 3. The van der Waals surface area contributed by atoms with Crippen LogP contribution in [0.25, 0.3) is 10.8 Å². The van der Waals surface area contributed by atoms with Crippen molar-refractivity contribution < 1.29 is 4.79 Å². The van der Waals surface area contributed by atoms with E-state index in [4.69, 9.17) is 5.73 Å². The van der Waals surface area contributed by atoms with Crippen LogP contribution in [-0.2, 0) is 0 Å². The Morgan fingerprint density at radius 3 is 2.64 bits per heavy atom. The summed E-state index contributed by atoms with van der Waals surface area (Å²) in [5.74, 6) is 0.430. The molecule has 1 saturated heterocycles. The zero-order valence-electron chi connectivity index (χ0n) is 15.1. The molecular formula is C19H26N4O2. The van der Waals surface area contributed by atoms with Gasteiger partial charge < -0.3 is 10.6 Å². The molecule has 0 bridgehead atoms. The molecule has 2 aromatic rings. The normalized spacial score (nSPS) is 21.1. The SMILES string of the molecule is CC1CCN(C(=O)c2nn(C(C)C)c(=O)c3ccccc23)C(CN)C1. The predicted octanol–water partition coefficient (Wildman–Crippen LogP) is 2.18. The van der Waals surface area contributed by atoms with Crippen molar-refractivity contribution in [1.29, 1.82) is 0 Å². The molecule has 2 N–H and O–H groups in total. The summed E-state index contributed by atoms with van der Waals surface area (Å²) < 4.78 is 1.40. The largest absolute Gasteiger partial charge is 0.333 e. The number of hydrogen-bond donors (Lipinski definition) is 1. The lowest BCUT2D eigenvalue weighted by atomic mass is 9.92. The van der Waals surface area contributed by atoms with Gasteiger partial charge in [0.25, 0.3) is 11.5 Å². The van der Waals surface area contributed by atoms with Gasteiger partial charge in [0, 0.05) is 24.5 Å². The van der Waals surface area contributed by atoms with Crippen molar-refractivity contribution in [2.45, 2.75) is 45.7 Å². The molecule has 1 aliphatic heterocycles. The first-order valence-corrected chi connectivity index (χ1v) is 8.96. The molecule has 0 saturated carbocycles. The van der Waals surface area contributed by atoms with E-state index in [0.717, 1.165) is 12.8 Å². The van der Waals surface area contributed by atoms with E-state index in [1.807, 2.05) is 30.9 Å². The maximum atomic E-state index is 13.3. The first-order valence-electron chi connectivity index (χ1n) is 8.96. The quantitative estimate of drug-likeness (QED) is 0.927. The van der Waals surface area contributed by atoms with Gasteiger partial charge >= 0.3 is 0 Å². The summed E-state index contributed by atoms with van der Waals surface area (Å²) in [4.78, 5) is 27.7. The van der Waals surface area contributed by atoms with E-state index in [0.29, 0.717) is 35.5 Å². The Morgan fingerprint density at radius 1 is 1.32 bits per heavy atom. The summed E-state index contributed by atoms with van der Waals surface area (Å²) in [6, 6.07) is 7.11. The number of fused-ring (bicyclic) bond motifs is 1. The molecule has 25 heavy (non-hydrogen) atoms. The number of aromatic nitrogens is 2. The molecule has 2 heterocycles. The summed E-state index contributed by atoms with van der Waals surface area (Å²) in [5.41, 5.74) is 6.10. The number of carbonyl (C=O) groups excluding carboxylic acids is 1. The molecular weight excluding hydrogens is 316 g/mol. The minimum absolute atomic E-state index is 0.0243. The minimum atomic E-state index is -0.162. The molecule has 1 fully saturated rings. The maximum Gasteiger partial charge on any atom is 0.275 e. The average Bonchev–Trinajstić information content (AvgIpc) is 2.61. The van der Waals surface area contributed by atoms with E-state index in [1.165, 1.54) is 4.68 Å². The average molecular weight is 342 g/mol. The lowest BCUT2D eigenvalue weighted by molar-refractivity contribution is 0.0567. The molecule has 1 aromatic carbocycles. The van der Waals surface area contributed by atoms with Crippen LogP contribution in [0.3, 0.4) is 0 Å². The Kier molecular flexibility index (Phi) is 4.90. The van der Waals surface area contributed by atoms with Crippen molar-refractivity contribution in [3.8, 4) is 0 Å². The van der Waals surface area contributed by atoms with E-state index in [2.05, 4.69) is 12.0 Å². The van der Waals surface area contributed by atoms with E-state index < -0.39 is 0 Å². The van der Waals surface area contributed by atoms with Crippen LogP contribution in [0.5, 0.6) is 0 Å². The standard InChI is InChI=1S/C19H26N4O2/c1-12(2)23-18(24)16-7-5-4-6-15(16)17(21-23)19(25)22-9-8-13(3)10-14(22)11-20/h4-7,12-14H,8-11,20H2,1-3H3. The molecule has 0 radical (unpaired) electrons. The highest BCUT2D eigenvalue weighted by molar-refractivity contribution is 6.04. The van der Waals surface area contributed by atoms with Crippen LogP contribution < -0.4 is 11.3 Å². The molecule has 2 unspecified atom stereocenters. The molecule has 0 aliphatic carbocycles. The number of carbonyl (C=O) groups is 1. The Morgan fingerprint density at radius 2 is 2.00 bits per heavy atom. The molecule has 134 valence electrons. The first kappa shape index (κ1) is 17.6. The van der Waals surface area contributed by atoms with Gasteiger partial charge in [-0.15, -0.1) is 0 Å². The van der Waals surface area contributed by atoms with Gasteiger partial charge in [-0.25, -0.2) is 4.68 Å². The highest BCUT2D eigenvalue weighted by Gasteiger charge is 2.31. The second-order valence-corrected chi connectivity index (χ2v) is 7.26. The van der Waals surface area contributed by atoms with E-state index in [9.17, 15) is 9.59 Å². The third-order valence-electron chi connectivity index (χ3n) is 5.03. The Bertz CT molecular complexity index is 843. The number of amides is 1. The second kappa shape index (κ2) is 6.96. The molecule has 3 rings (SSSR count). The van der Waals surface area contributed by atoms with Crippen molar-refractivity contribution in [2.24, 2.45) is 11.7 Å². The number of benzene rings is 1. The van der Waals surface area contributed by atoms with Crippen LogP contribution >= 0.6 is 0 Å². The molecule has 1 amide bonds. The number of likely N-dealkylation sites (tertiary alicyclic amines) is 1. The summed E-state index contributed by atoms with van der Waals surface area (Å²) in [6.45, 7) is 7.10. The fourth-order valence-corrected chi connectivity index (χ4v) is 3.59. The molecule has 1 aromatic heterocycles. The van der Waals surface area contributed by atoms with Gasteiger partial charge in [0.1, 0.15) is 0 Å². The van der Waals surface area contributed by atoms with Crippen LogP contribution in [0.4, 0.5) is 0 Å². The van der Waals surface area contributed by atoms with Crippen molar-refractivity contribution in [1.82, 2.24) is 14.7 Å². The predicted molar refractivity (Wildman–Crippen MR) is 98.7 cm³/mol. The number of hydrogen-bond acceptors (Lipinski definition) is 4. The monoisotopic (exact) mass is 342 g/mol. The number of nitrogens with zero attached hydrogens (tertiary/aromatic N) is 3. The summed E-state index contributed by atoms with van der Waals surface area (Å²) in [7, 11) is 0. The van der Waals surface area contributed by atoms with Gasteiger partial charge in [-0.05, 0) is 38.7 Å². The molecule has 2 atom stereocenters. The molecule has 6 nitrogen and oxygen atoms in total.